The zero-order chi connectivity index (χ0) is 19.3. The van der Waals surface area contributed by atoms with Gasteiger partial charge in [0.05, 0.1) is 5.69 Å². The Hall–Kier alpha value is -2.92. The number of aromatic nitrogens is 2. The van der Waals surface area contributed by atoms with Crippen molar-refractivity contribution in [1.82, 2.24) is 20.0 Å². The van der Waals surface area contributed by atoms with Gasteiger partial charge in [-0.25, -0.2) is 4.68 Å². The molecule has 1 fully saturated rings. The van der Waals surface area contributed by atoms with Gasteiger partial charge in [0.2, 0.25) is 0 Å². The molecule has 0 spiro atoms. The number of amides is 1. The fourth-order valence-electron chi connectivity index (χ4n) is 3.85. The van der Waals surface area contributed by atoms with E-state index in [9.17, 15) is 4.79 Å². The summed E-state index contributed by atoms with van der Waals surface area (Å²) in [6, 6.07) is 20.2. The van der Waals surface area contributed by atoms with Crippen LogP contribution in [0.2, 0.25) is 0 Å². The molecule has 2 heterocycles. The number of nitrogens with zero attached hydrogens (tertiary/aromatic N) is 3. The van der Waals surface area contributed by atoms with E-state index in [0.717, 1.165) is 31.7 Å². The van der Waals surface area contributed by atoms with Crippen molar-refractivity contribution in [3.05, 3.63) is 84.2 Å². The van der Waals surface area contributed by atoms with E-state index < -0.39 is 0 Å². The first kappa shape index (κ1) is 18.4. The standard InChI is InChI=1S/C23H26N4O/c1-18(21-12-15-26(17-21)16-19-6-3-2-4-7-19)25-23(28)20-8-10-22(11-9-20)27-14-5-13-24-27/h2-11,13-14,18,21H,12,15-17H2,1H3,(H,25,28)/t18-,21-/m0/s1. The fraction of sp³-hybridized carbons (Fsp3) is 0.304. The molecule has 0 unspecified atom stereocenters. The molecule has 0 radical (unpaired) electrons. The third kappa shape index (κ3) is 4.31. The van der Waals surface area contributed by atoms with Gasteiger partial charge >= 0.3 is 0 Å². The molecule has 3 aromatic rings. The Morgan fingerprint density at radius 1 is 1.14 bits per heavy atom. The maximum absolute atomic E-state index is 12.6. The first-order chi connectivity index (χ1) is 13.7. The van der Waals surface area contributed by atoms with Crippen molar-refractivity contribution in [2.75, 3.05) is 13.1 Å². The second-order valence-corrected chi connectivity index (χ2v) is 7.53. The molecule has 144 valence electrons. The molecule has 1 amide bonds. The van der Waals surface area contributed by atoms with Gasteiger partial charge in [-0.15, -0.1) is 0 Å². The zero-order valence-electron chi connectivity index (χ0n) is 16.2. The van der Waals surface area contributed by atoms with Crippen LogP contribution in [0.4, 0.5) is 0 Å². The highest BCUT2D eigenvalue weighted by atomic mass is 16.1. The van der Waals surface area contributed by atoms with Crippen LogP contribution in [0.25, 0.3) is 5.69 Å². The molecular formula is C23H26N4O. The van der Waals surface area contributed by atoms with Crippen LogP contribution in [-0.2, 0) is 6.54 Å². The molecule has 0 bridgehead atoms. The fourth-order valence-corrected chi connectivity index (χ4v) is 3.85. The molecule has 4 rings (SSSR count). The van der Waals surface area contributed by atoms with Crippen LogP contribution >= 0.6 is 0 Å². The normalized spacial score (nSPS) is 18.1. The van der Waals surface area contributed by atoms with E-state index >= 15 is 0 Å². The maximum Gasteiger partial charge on any atom is 0.251 e. The molecule has 2 atom stereocenters. The molecule has 28 heavy (non-hydrogen) atoms. The number of rotatable bonds is 6. The minimum absolute atomic E-state index is 0.0129. The summed E-state index contributed by atoms with van der Waals surface area (Å²) in [4.78, 5) is 15.1. The van der Waals surface area contributed by atoms with E-state index in [2.05, 4.69) is 52.6 Å². The Bertz CT molecular complexity index is 890. The molecule has 0 saturated carbocycles. The number of benzene rings is 2. The summed E-state index contributed by atoms with van der Waals surface area (Å²) >= 11 is 0. The molecule has 2 aromatic carbocycles. The zero-order valence-corrected chi connectivity index (χ0v) is 16.2. The lowest BCUT2D eigenvalue weighted by molar-refractivity contribution is 0.0927. The summed E-state index contributed by atoms with van der Waals surface area (Å²) in [6.45, 7) is 5.20. The highest BCUT2D eigenvalue weighted by molar-refractivity contribution is 5.94. The molecule has 1 aromatic heterocycles. The Labute approximate surface area is 166 Å². The average Bonchev–Trinajstić information content (AvgIpc) is 3.41. The Morgan fingerprint density at radius 3 is 2.64 bits per heavy atom. The van der Waals surface area contributed by atoms with Crippen LogP contribution in [0.3, 0.4) is 0 Å². The molecule has 1 saturated heterocycles. The van der Waals surface area contributed by atoms with Gasteiger partial charge in [-0.05, 0) is 61.7 Å². The van der Waals surface area contributed by atoms with E-state index in [0.29, 0.717) is 11.5 Å². The first-order valence-corrected chi connectivity index (χ1v) is 9.86. The number of carbonyl (C=O) groups excluding carboxylic acids is 1. The van der Waals surface area contributed by atoms with E-state index in [1.54, 1.807) is 10.9 Å². The highest BCUT2D eigenvalue weighted by Gasteiger charge is 2.28. The second-order valence-electron chi connectivity index (χ2n) is 7.53. The summed E-state index contributed by atoms with van der Waals surface area (Å²) in [6.07, 6.45) is 4.75. The van der Waals surface area contributed by atoms with Gasteiger partial charge in [-0.2, -0.15) is 5.10 Å². The topological polar surface area (TPSA) is 50.2 Å². The smallest absolute Gasteiger partial charge is 0.251 e. The highest BCUT2D eigenvalue weighted by Crippen LogP contribution is 2.22. The van der Waals surface area contributed by atoms with Gasteiger partial charge in [0, 0.05) is 37.1 Å². The van der Waals surface area contributed by atoms with Crippen molar-refractivity contribution in [2.24, 2.45) is 5.92 Å². The minimum atomic E-state index is -0.0129. The van der Waals surface area contributed by atoms with E-state index in [1.165, 1.54) is 5.56 Å². The van der Waals surface area contributed by atoms with Crippen molar-refractivity contribution in [3.8, 4) is 5.69 Å². The van der Waals surface area contributed by atoms with Crippen molar-refractivity contribution in [1.29, 1.82) is 0 Å². The number of likely N-dealkylation sites (tertiary alicyclic amines) is 1. The monoisotopic (exact) mass is 374 g/mol. The largest absolute Gasteiger partial charge is 0.349 e. The molecule has 1 aliphatic rings. The van der Waals surface area contributed by atoms with Crippen LogP contribution < -0.4 is 5.32 Å². The van der Waals surface area contributed by atoms with Gasteiger partial charge in [-0.3, -0.25) is 9.69 Å². The molecule has 5 nitrogen and oxygen atoms in total. The minimum Gasteiger partial charge on any atom is -0.349 e. The third-order valence-corrected chi connectivity index (χ3v) is 5.52. The van der Waals surface area contributed by atoms with E-state index in [1.807, 2.05) is 36.5 Å². The van der Waals surface area contributed by atoms with Crippen LogP contribution in [-0.4, -0.2) is 39.7 Å². The lowest BCUT2D eigenvalue weighted by Gasteiger charge is -2.22. The van der Waals surface area contributed by atoms with Crippen molar-refractivity contribution in [2.45, 2.75) is 25.9 Å². The van der Waals surface area contributed by atoms with Crippen molar-refractivity contribution >= 4 is 5.91 Å². The van der Waals surface area contributed by atoms with Crippen LogP contribution in [0.1, 0.15) is 29.3 Å². The van der Waals surface area contributed by atoms with Gasteiger partial charge in [0.1, 0.15) is 0 Å². The average molecular weight is 374 g/mol. The molecular weight excluding hydrogens is 348 g/mol. The summed E-state index contributed by atoms with van der Waals surface area (Å²) < 4.78 is 1.78. The molecule has 5 heteroatoms. The Kier molecular flexibility index (Phi) is 5.53. The number of hydrogen-bond acceptors (Lipinski definition) is 3. The van der Waals surface area contributed by atoms with Crippen LogP contribution in [0.15, 0.2) is 73.1 Å². The van der Waals surface area contributed by atoms with Gasteiger partial charge < -0.3 is 5.32 Å². The van der Waals surface area contributed by atoms with Crippen molar-refractivity contribution < 1.29 is 4.79 Å². The predicted molar refractivity (Wildman–Crippen MR) is 110 cm³/mol. The Morgan fingerprint density at radius 2 is 1.93 bits per heavy atom. The van der Waals surface area contributed by atoms with Crippen molar-refractivity contribution in [3.63, 3.8) is 0 Å². The molecule has 1 aliphatic heterocycles. The lowest BCUT2D eigenvalue weighted by atomic mass is 10.00. The number of hydrogen-bond donors (Lipinski definition) is 1. The Balaban J connectivity index is 1.31. The number of nitrogens with one attached hydrogen (secondary N) is 1. The first-order valence-electron chi connectivity index (χ1n) is 9.86. The summed E-state index contributed by atoms with van der Waals surface area (Å²) in [5.41, 5.74) is 2.97. The quantitative estimate of drug-likeness (QED) is 0.718. The lowest BCUT2D eigenvalue weighted by Crippen LogP contribution is -2.39. The van der Waals surface area contributed by atoms with Crippen LogP contribution in [0.5, 0.6) is 0 Å². The second kappa shape index (κ2) is 8.40. The SMILES string of the molecule is C[C@H](NC(=O)c1ccc(-n2cccn2)cc1)[C@H]1CCN(Cc2ccccc2)C1. The third-order valence-electron chi connectivity index (χ3n) is 5.52. The van der Waals surface area contributed by atoms with Gasteiger partial charge in [0.25, 0.3) is 5.91 Å². The van der Waals surface area contributed by atoms with Crippen LogP contribution in [0, 0.1) is 5.92 Å². The maximum atomic E-state index is 12.6. The molecule has 0 aliphatic carbocycles. The van der Waals surface area contributed by atoms with Gasteiger partial charge in [0.15, 0.2) is 0 Å². The summed E-state index contributed by atoms with van der Waals surface area (Å²) in [5, 5.41) is 7.40. The van der Waals surface area contributed by atoms with E-state index in [4.69, 9.17) is 0 Å². The van der Waals surface area contributed by atoms with Gasteiger partial charge in [-0.1, -0.05) is 30.3 Å². The number of carbonyl (C=O) groups is 1. The summed E-state index contributed by atoms with van der Waals surface area (Å²) in [5.74, 6) is 0.469. The van der Waals surface area contributed by atoms with E-state index in [-0.39, 0.29) is 11.9 Å². The predicted octanol–water partition coefficient (Wildman–Crippen LogP) is 3.51. The summed E-state index contributed by atoms with van der Waals surface area (Å²) in [7, 11) is 0. The molecule has 1 N–H and O–H groups in total.